The normalized spacial score (nSPS) is 24.0. The molecule has 0 amide bonds. The van der Waals surface area contributed by atoms with E-state index in [1.54, 1.807) is 13.8 Å². The second kappa shape index (κ2) is 7.46. The van der Waals surface area contributed by atoms with Gasteiger partial charge in [0.05, 0.1) is 18.3 Å². The lowest BCUT2D eigenvalue weighted by Crippen LogP contribution is -2.54. The summed E-state index contributed by atoms with van der Waals surface area (Å²) >= 11 is 4.66. The SMILES string of the molecule is COc1ccc(-c2ccc(P(C)(=O)NC3(C)CC(N=C=S)C3)cc2)cc1. The Morgan fingerprint density at radius 3 is 2.19 bits per heavy atom. The number of isothiocyanates is 1. The molecule has 1 saturated carbocycles. The van der Waals surface area contributed by atoms with E-state index in [0.717, 1.165) is 35.0 Å². The first-order valence-corrected chi connectivity index (χ1v) is 11.1. The van der Waals surface area contributed by atoms with Gasteiger partial charge < -0.3 is 9.30 Å². The summed E-state index contributed by atoms with van der Waals surface area (Å²) in [5.74, 6) is 0.831. The average Bonchev–Trinajstić information content (AvgIpc) is 2.60. The number of nitrogens with one attached hydrogen (secondary N) is 1. The van der Waals surface area contributed by atoms with E-state index in [1.165, 1.54) is 0 Å². The maximum absolute atomic E-state index is 13.2. The third-order valence-electron chi connectivity index (χ3n) is 4.87. The van der Waals surface area contributed by atoms with Gasteiger partial charge in [-0.15, -0.1) is 0 Å². The van der Waals surface area contributed by atoms with Crippen molar-refractivity contribution in [3.05, 3.63) is 48.5 Å². The highest BCUT2D eigenvalue weighted by Crippen LogP contribution is 2.45. The van der Waals surface area contributed by atoms with Crippen LogP contribution in [-0.2, 0) is 4.57 Å². The molecule has 26 heavy (non-hydrogen) atoms. The minimum atomic E-state index is -2.66. The van der Waals surface area contributed by atoms with Crippen molar-refractivity contribution in [1.82, 2.24) is 5.09 Å². The fourth-order valence-corrected chi connectivity index (χ4v) is 5.75. The van der Waals surface area contributed by atoms with Crippen molar-refractivity contribution in [1.29, 1.82) is 0 Å². The Kier molecular flexibility index (Phi) is 5.45. The second-order valence-electron chi connectivity index (χ2n) is 7.15. The summed E-state index contributed by atoms with van der Waals surface area (Å²) in [6, 6.07) is 16.0. The van der Waals surface area contributed by atoms with Gasteiger partial charge in [0.15, 0.2) is 7.29 Å². The van der Waals surface area contributed by atoms with Crippen LogP contribution in [0.1, 0.15) is 19.8 Å². The molecule has 1 unspecified atom stereocenters. The summed E-state index contributed by atoms with van der Waals surface area (Å²) in [6.45, 7) is 3.88. The van der Waals surface area contributed by atoms with Crippen LogP contribution in [0.25, 0.3) is 11.1 Å². The molecule has 1 aliphatic carbocycles. The van der Waals surface area contributed by atoms with E-state index in [2.05, 4.69) is 34.4 Å². The summed E-state index contributed by atoms with van der Waals surface area (Å²) in [4.78, 5) is 4.11. The Balaban J connectivity index is 1.72. The zero-order valence-electron chi connectivity index (χ0n) is 15.2. The molecule has 2 aromatic rings. The van der Waals surface area contributed by atoms with Gasteiger partial charge in [0, 0.05) is 17.5 Å². The molecule has 0 bridgehead atoms. The van der Waals surface area contributed by atoms with Crippen LogP contribution in [0, 0.1) is 0 Å². The van der Waals surface area contributed by atoms with Crippen molar-refractivity contribution in [2.24, 2.45) is 4.99 Å². The molecular formula is C20H23N2O2PS. The number of methoxy groups -OCH3 is 1. The van der Waals surface area contributed by atoms with Crippen molar-refractivity contribution in [3.63, 3.8) is 0 Å². The van der Waals surface area contributed by atoms with E-state index in [4.69, 9.17) is 4.74 Å². The fourth-order valence-electron chi connectivity index (χ4n) is 3.54. The molecule has 3 rings (SSSR count). The predicted molar refractivity (Wildman–Crippen MR) is 111 cm³/mol. The van der Waals surface area contributed by atoms with Gasteiger partial charge in [-0.3, -0.25) is 5.09 Å². The molecule has 2 aromatic carbocycles. The molecular weight excluding hydrogens is 363 g/mol. The summed E-state index contributed by atoms with van der Waals surface area (Å²) in [5.41, 5.74) is 2.02. The molecule has 0 spiro atoms. The van der Waals surface area contributed by atoms with Crippen LogP contribution in [-0.4, -0.2) is 30.5 Å². The van der Waals surface area contributed by atoms with Crippen molar-refractivity contribution < 1.29 is 9.30 Å². The van der Waals surface area contributed by atoms with Crippen LogP contribution in [0.15, 0.2) is 53.5 Å². The van der Waals surface area contributed by atoms with Gasteiger partial charge in [-0.2, -0.15) is 0 Å². The van der Waals surface area contributed by atoms with E-state index >= 15 is 0 Å². The lowest BCUT2D eigenvalue weighted by atomic mass is 9.75. The van der Waals surface area contributed by atoms with Crippen molar-refractivity contribution in [2.75, 3.05) is 13.8 Å². The third kappa shape index (κ3) is 4.13. The maximum atomic E-state index is 13.2. The molecule has 1 N–H and O–H groups in total. The number of thiocarbonyl (C=S) groups is 1. The number of benzene rings is 2. The van der Waals surface area contributed by atoms with Crippen LogP contribution in [0.2, 0.25) is 0 Å². The lowest BCUT2D eigenvalue weighted by Gasteiger charge is -2.45. The Morgan fingerprint density at radius 1 is 1.15 bits per heavy atom. The smallest absolute Gasteiger partial charge is 0.173 e. The zero-order valence-corrected chi connectivity index (χ0v) is 16.9. The number of rotatable bonds is 6. The molecule has 1 fully saturated rings. The Bertz CT molecular complexity index is 868. The van der Waals surface area contributed by atoms with Crippen LogP contribution in [0.4, 0.5) is 0 Å². The van der Waals surface area contributed by atoms with Gasteiger partial charge in [-0.1, -0.05) is 24.3 Å². The predicted octanol–water partition coefficient (Wildman–Crippen LogP) is 4.51. The maximum Gasteiger partial charge on any atom is 0.173 e. The number of hydrogen-bond acceptors (Lipinski definition) is 4. The van der Waals surface area contributed by atoms with E-state index in [-0.39, 0.29) is 11.6 Å². The number of hydrogen-bond donors (Lipinski definition) is 1. The molecule has 0 radical (unpaired) electrons. The van der Waals surface area contributed by atoms with Gasteiger partial charge in [0.1, 0.15) is 5.75 Å². The monoisotopic (exact) mass is 386 g/mol. The fraction of sp³-hybridized carbons (Fsp3) is 0.350. The summed E-state index contributed by atoms with van der Waals surface area (Å²) in [7, 11) is -1.00. The first-order chi connectivity index (χ1) is 12.3. The Labute approximate surface area is 160 Å². The summed E-state index contributed by atoms with van der Waals surface area (Å²) in [6.07, 6.45) is 1.66. The second-order valence-corrected chi connectivity index (χ2v) is 9.93. The van der Waals surface area contributed by atoms with Crippen LogP contribution in [0.3, 0.4) is 0 Å². The molecule has 0 saturated heterocycles. The first kappa shape index (κ1) is 19.0. The zero-order chi connectivity index (χ0) is 18.8. The number of aliphatic imine (C=N–C) groups is 1. The largest absolute Gasteiger partial charge is 0.497 e. The average molecular weight is 386 g/mol. The molecule has 136 valence electrons. The lowest BCUT2D eigenvalue weighted by molar-refractivity contribution is 0.211. The minimum absolute atomic E-state index is 0.167. The minimum Gasteiger partial charge on any atom is -0.497 e. The van der Waals surface area contributed by atoms with Crippen molar-refractivity contribution in [3.8, 4) is 16.9 Å². The van der Waals surface area contributed by atoms with Crippen LogP contribution in [0.5, 0.6) is 5.75 Å². The van der Waals surface area contributed by atoms with Gasteiger partial charge >= 0.3 is 0 Å². The molecule has 6 heteroatoms. The van der Waals surface area contributed by atoms with Gasteiger partial charge in [0.25, 0.3) is 0 Å². The van der Waals surface area contributed by atoms with E-state index < -0.39 is 7.29 Å². The molecule has 1 atom stereocenters. The molecule has 4 nitrogen and oxygen atoms in total. The third-order valence-corrected chi connectivity index (χ3v) is 7.23. The van der Waals surface area contributed by atoms with E-state index in [0.29, 0.717) is 0 Å². The highest BCUT2D eigenvalue weighted by atomic mass is 32.1. The van der Waals surface area contributed by atoms with Crippen molar-refractivity contribution in [2.45, 2.75) is 31.3 Å². The van der Waals surface area contributed by atoms with Crippen LogP contribution >= 0.6 is 19.5 Å². The number of nitrogens with zero attached hydrogens (tertiary/aromatic N) is 1. The standard InChI is InChI=1S/C20H23N2O2PS/c1-20(12-17(13-20)21-14-26)22-25(3,23)19-10-6-16(7-11-19)15-4-8-18(24-2)9-5-15/h4-11,17H,12-13H2,1-3H3,(H,22,23). The summed E-state index contributed by atoms with van der Waals surface area (Å²) < 4.78 is 18.4. The highest BCUT2D eigenvalue weighted by Gasteiger charge is 2.43. The first-order valence-electron chi connectivity index (χ1n) is 8.54. The quantitative estimate of drug-likeness (QED) is 0.451. The van der Waals surface area contributed by atoms with Gasteiger partial charge in [-0.25, -0.2) is 4.99 Å². The van der Waals surface area contributed by atoms with E-state index in [9.17, 15) is 4.57 Å². The molecule has 0 heterocycles. The topological polar surface area (TPSA) is 50.7 Å². The molecule has 0 aliphatic heterocycles. The Morgan fingerprint density at radius 2 is 1.69 bits per heavy atom. The van der Waals surface area contributed by atoms with E-state index in [1.807, 2.05) is 48.5 Å². The van der Waals surface area contributed by atoms with Gasteiger partial charge in [-0.05, 0) is 67.4 Å². The highest BCUT2D eigenvalue weighted by molar-refractivity contribution is 7.78. The molecule has 1 aliphatic rings. The number of ether oxygens (including phenoxy) is 1. The summed E-state index contributed by atoms with van der Waals surface area (Å²) in [5, 5.41) is 6.63. The van der Waals surface area contributed by atoms with Crippen molar-refractivity contribution >= 4 is 30.0 Å². The van der Waals surface area contributed by atoms with Gasteiger partial charge in [0.2, 0.25) is 0 Å². The molecule has 0 aromatic heterocycles. The Hall–Kier alpha value is -1.77. The van der Waals surface area contributed by atoms with Crippen LogP contribution < -0.4 is 15.1 Å².